The molecule has 1 heterocycles. The lowest BCUT2D eigenvalue weighted by Crippen LogP contribution is -2.27. The van der Waals surface area contributed by atoms with Gasteiger partial charge >= 0.3 is 0 Å². The van der Waals surface area contributed by atoms with Crippen molar-refractivity contribution >= 4 is 11.6 Å². The zero-order valence-electron chi connectivity index (χ0n) is 12.2. The molecule has 0 atom stereocenters. The van der Waals surface area contributed by atoms with Crippen molar-refractivity contribution in [3.8, 4) is 0 Å². The maximum absolute atomic E-state index is 9.24. The smallest absolute Gasteiger partial charge is 0.158 e. The second-order valence-electron chi connectivity index (χ2n) is 5.12. The number of hydrogen-bond donors (Lipinski definition) is 3. The Hall–Kier alpha value is -1.40. The molecular formula is C13H24N4O2. The van der Waals surface area contributed by atoms with Crippen molar-refractivity contribution in [1.29, 1.82) is 0 Å². The molecule has 0 aromatic carbocycles. The third-order valence-corrected chi connectivity index (χ3v) is 2.64. The number of ether oxygens (including phenoxy) is 1. The van der Waals surface area contributed by atoms with Crippen molar-refractivity contribution in [3.05, 3.63) is 11.9 Å². The predicted molar refractivity (Wildman–Crippen MR) is 76.3 cm³/mol. The summed E-state index contributed by atoms with van der Waals surface area (Å²) in [6, 6.07) is 1.84. The molecule has 0 amide bonds. The van der Waals surface area contributed by atoms with Gasteiger partial charge < -0.3 is 20.5 Å². The minimum atomic E-state index is -0.190. The van der Waals surface area contributed by atoms with Crippen LogP contribution >= 0.6 is 0 Å². The highest BCUT2D eigenvalue weighted by Crippen LogP contribution is 2.17. The molecule has 0 bridgehead atoms. The maximum Gasteiger partial charge on any atom is 0.158 e. The van der Waals surface area contributed by atoms with Gasteiger partial charge in [-0.2, -0.15) is 0 Å². The van der Waals surface area contributed by atoms with Gasteiger partial charge in [-0.1, -0.05) is 13.8 Å². The van der Waals surface area contributed by atoms with Gasteiger partial charge in [-0.15, -0.1) is 0 Å². The lowest BCUT2D eigenvalue weighted by atomic mass is 9.95. The Bertz CT molecular complexity index is 396. The van der Waals surface area contributed by atoms with Crippen LogP contribution in [0, 0.1) is 5.41 Å². The number of nitrogens with zero attached hydrogens (tertiary/aromatic N) is 2. The van der Waals surface area contributed by atoms with Crippen LogP contribution in [0.3, 0.4) is 0 Å². The van der Waals surface area contributed by atoms with Crippen LogP contribution in [0.2, 0.25) is 0 Å². The SMILES string of the molecule is CCOCc1nc(NC)cc(NCC(C)(C)CO)n1. The molecule has 6 heteroatoms. The normalized spacial score (nSPS) is 11.4. The molecule has 0 aliphatic rings. The average Bonchev–Trinajstić information content (AvgIpc) is 2.42. The third kappa shape index (κ3) is 5.40. The van der Waals surface area contributed by atoms with Gasteiger partial charge in [0.1, 0.15) is 18.2 Å². The second kappa shape index (κ2) is 7.25. The van der Waals surface area contributed by atoms with Crippen LogP contribution in [0.1, 0.15) is 26.6 Å². The topological polar surface area (TPSA) is 79.3 Å². The van der Waals surface area contributed by atoms with Crippen molar-refractivity contribution in [1.82, 2.24) is 9.97 Å². The first-order valence-electron chi connectivity index (χ1n) is 6.49. The van der Waals surface area contributed by atoms with Crippen LogP contribution in [0.15, 0.2) is 6.07 Å². The molecular weight excluding hydrogens is 244 g/mol. The number of rotatable bonds is 8. The second-order valence-corrected chi connectivity index (χ2v) is 5.12. The minimum absolute atomic E-state index is 0.121. The van der Waals surface area contributed by atoms with Crippen molar-refractivity contribution in [2.75, 3.05) is 37.4 Å². The Balaban J connectivity index is 2.76. The lowest BCUT2D eigenvalue weighted by molar-refractivity contribution is 0.128. The van der Waals surface area contributed by atoms with E-state index in [1.807, 2.05) is 33.9 Å². The monoisotopic (exact) mass is 268 g/mol. The first kappa shape index (κ1) is 15.7. The Morgan fingerprint density at radius 2 is 2.00 bits per heavy atom. The predicted octanol–water partition coefficient (Wildman–Crippen LogP) is 1.49. The van der Waals surface area contributed by atoms with E-state index in [1.54, 1.807) is 0 Å². The Labute approximate surface area is 114 Å². The van der Waals surface area contributed by atoms with Crippen LogP contribution in [-0.4, -0.2) is 41.9 Å². The van der Waals surface area contributed by atoms with Crippen molar-refractivity contribution in [2.24, 2.45) is 5.41 Å². The van der Waals surface area contributed by atoms with Crippen molar-refractivity contribution in [3.63, 3.8) is 0 Å². The summed E-state index contributed by atoms with van der Waals surface area (Å²) in [6.45, 7) is 7.69. The van der Waals surface area contributed by atoms with E-state index in [2.05, 4.69) is 20.6 Å². The Kier molecular flexibility index (Phi) is 5.98. The first-order chi connectivity index (χ1) is 9.00. The number of aliphatic hydroxyl groups excluding tert-OH is 1. The summed E-state index contributed by atoms with van der Waals surface area (Å²) in [4.78, 5) is 8.70. The minimum Gasteiger partial charge on any atom is -0.396 e. The summed E-state index contributed by atoms with van der Waals surface area (Å²) >= 11 is 0. The van der Waals surface area contributed by atoms with Gasteiger partial charge in [0.2, 0.25) is 0 Å². The lowest BCUT2D eigenvalue weighted by Gasteiger charge is -2.22. The molecule has 0 saturated heterocycles. The fourth-order valence-corrected chi connectivity index (χ4v) is 1.36. The van der Waals surface area contributed by atoms with Crippen LogP contribution in [-0.2, 0) is 11.3 Å². The van der Waals surface area contributed by atoms with Gasteiger partial charge in [0.25, 0.3) is 0 Å². The number of nitrogens with one attached hydrogen (secondary N) is 2. The van der Waals surface area contributed by atoms with Crippen molar-refractivity contribution < 1.29 is 9.84 Å². The number of aliphatic hydroxyl groups is 1. The Morgan fingerprint density at radius 3 is 2.58 bits per heavy atom. The number of hydrogen-bond acceptors (Lipinski definition) is 6. The van der Waals surface area contributed by atoms with Gasteiger partial charge in [-0.05, 0) is 6.92 Å². The van der Waals surface area contributed by atoms with Crippen LogP contribution < -0.4 is 10.6 Å². The molecule has 1 aromatic heterocycles. The Morgan fingerprint density at radius 1 is 1.32 bits per heavy atom. The standard InChI is InChI=1S/C13H24N4O2/c1-5-19-7-12-16-10(14-4)6-11(17-12)15-8-13(2,3)9-18/h6,18H,5,7-9H2,1-4H3,(H2,14,15,16,17). The van der Waals surface area contributed by atoms with E-state index < -0.39 is 0 Å². The van der Waals surface area contributed by atoms with E-state index in [-0.39, 0.29) is 12.0 Å². The van der Waals surface area contributed by atoms with Crippen LogP contribution in [0.4, 0.5) is 11.6 Å². The zero-order chi connectivity index (χ0) is 14.3. The highest BCUT2D eigenvalue weighted by atomic mass is 16.5. The summed E-state index contributed by atoms with van der Waals surface area (Å²) in [5.74, 6) is 2.11. The molecule has 1 aromatic rings. The van der Waals surface area contributed by atoms with E-state index in [0.717, 1.165) is 11.6 Å². The molecule has 0 spiro atoms. The quantitative estimate of drug-likeness (QED) is 0.663. The molecule has 3 N–H and O–H groups in total. The van der Waals surface area contributed by atoms with Gasteiger partial charge in [-0.25, -0.2) is 9.97 Å². The maximum atomic E-state index is 9.24. The molecule has 0 unspecified atom stereocenters. The third-order valence-electron chi connectivity index (χ3n) is 2.64. The van der Waals surface area contributed by atoms with E-state index >= 15 is 0 Å². The summed E-state index contributed by atoms with van der Waals surface area (Å²) in [7, 11) is 1.81. The largest absolute Gasteiger partial charge is 0.396 e. The molecule has 6 nitrogen and oxygen atoms in total. The fourth-order valence-electron chi connectivity index (χ4n) is 1.36. The fraction of sp³-hybridized carbons (Fsp3) is 0.692. The highest BCUT2D eigenvalue weighted by Gasteiger charge is 2.16. The number of aromatic nitrogens is 2. The van der Waals surface area contributed by atoms with Crippen LogP contribution in [0.25, 0.3) is 0 Å². The van der Waals surface area contributed by atoms with Gasteiger partial charge in [0.15, 0.2) is 5.82 Å². The van der Waals surface area contributed by atoms with Gasteiger partial charge in [-0.3, -0.25) is 0 Å². The van der Waals surface area contributed by atoms with Gasteiger partial charge in [0.05, 0.1) is 0 Å². The summed E-state index contributed by atoms with van der Waals surface area (Å²) < 4.78 is 5.32. The first-order valence-corrected chi connectivity index (χ1v) is 6.49. The molecule has 108 valence electrons. The average molecular weight is 268 g/mol. The van der Waals surface area contributed by atoms with Gasteiger partial charge in [0, 0.05) is 38.3 Å². The zero-order valence-corrected chi connectivity index (χ0v) is 12.2. The molecule has 0 radical (unpaired) electrons. The summed E-state index contributed by atoms with van der Waals surface area (Å²) in [5, 5.41) is 15.5. The molecule has 0 aliphatic heterocycles. The van der Waals surface area contributed by atoms with E-state index in [0.29, 0.717) is 25.6 Å². The van der Waals surface area contributed by atoms with Crippen molar-refractivity contribution in [2.45, 2.75) is 27.4 Å². The highest BCUT2D eigenvalue weighted by molar-refractivity contribution is 5.47. The molecule has 0 saturated carbocycles. The summed E-state index contributed by atoms with van der Waals surface area (Å²) in [5.41, 5.74) is -0.190. The number of anilines is 2. The molecule has 0 aliphatic carbocycles. The molecule has 0 fully saturated rings. The molecule has 1 rings (SSSR count). The van der Waals surface area contributed by atoms with E-state index in [4.69, 9.17) is 4.74 Å². The van der Waals surface area contributed by atoms with E-state index in [9.17, 15) is 5.11 Å². The summed E-state index contributed by atoms with van der Waals surface area (Å²) in [6.07, 6.45) is 0. The molecule has 19 heavy (non-hydrogen) atoms. The van der Waals surface area contributed by atoms with E-state index in [1.165, 1.54) is 0 Å². The van der Waals surface area contributed by atoms with Crippen LogP contribution in [0.5, 0.6) is 0 Å².